The molecule has 4 aromatic rings. The third kappa shape index (κ3) is 6.99. The number of carbonyl (C=O) groups excluding carboxylic acids is 2. The van der Waals surface area contributed by atoms with Gasteiger partial charge in [-0.2, -0.15) is 13.2 Å². The Morgan fingerprint density at radius 1 is 0.940 bits per heavy atom. The Morgan fingerprint density at radius 3 is 2.30 bits per heavy atom. The van der Waals surface area contributed by atoms with Crippen LogP contribution in [0.3, 0.4) is 0 Å². The van der Waals surface area contributed by atoms with Crippen molar-refractivity contribution in [3.63, 3.8) is 0 Å². The lowest BCUT2D eigenvalue weighted by atomic mass is 9.73. The van der Waals surface area contributed by atoms with Gasteiger partial charge in [-0.25, -0.2) is 4.98 Å². The number of ether oxygens (including phenoxy) is 1. The van der Waals surface area contributed by atoms with Crippen LogP contribution in [0.5, 0.6) is 5.75 Å². The van der Waals surface area contributed by atoms with E-state index in [0.717, 1.165) is 84.7 Å². The highest BCUT2D eigenvalue weighted by Gasteiger charge is 2.35. The maximum absolute atomic E-state index is 13.9. The molecule has 1 heterocycles. The summed E-state index contributed by atoms with van der Waals surface area (Å²) < 4.78 is 48.8. The average molecular weight is 686 g/mol. The summed E-state index contributed by atoms with van der Waals surface area (Å²) in [6.07, 6.45) is 5.10. The molecule has 0 aliphatic heterocycles. The third-order valence-corrected chi connectivity index (χ3v) is 10.6. The molecule has 2 aliphatic carbocycles. The molecule has 1 unspecified atom stereocenters. The van der Waals surface area contributed by atoms with Crippen LogP contribution < -0.4 is 10.1 Å². The summed E-state index contributed by atoms with van der Waals surface area (Å²) in [5, 5.41) is 13.0. The molecule has 3 aromatic carbocycles. The molecule has 6 rings (SSSR count). The van der Waals surface area contributed by atoms with E-state index in [1.807, 2.05) is 61.9 Å². The van der Waals surface area contributed by atoms with Crippen molar-refractivity contribution in [3.05, 3.63) is 99.1 Å². The number of alkyl halides is 3. The number of nitrogens with one attached hydrogen (secondary N) is 1. The number of imidazole rings is 1. The van der Waals surface area contributed by atoms with Crippen LogP contribution in [0.4, 0.5) is 18.9 Å². The van der Waals surface area contributed by atoms with Crippen LogP contribution in [0.15, 0.2) is 48.5 Å². The van der Waals surface area contributed by atoms with E-state index in [1.165, 1.54) is 19.3 Å². The quantitative estimate of drug-likeness (QED) is 0.143. The number of hydrogen-bond acceptors (Lipinski definition) is 5. The van der Waals surface area contributed by atoms with Crippen LogP contribution >= 0.6 is 0 Å². The van der Waals surface area contributed by atoms with Crippen molar-refractivity contribution in [2.24, 2.45) is 18.9 Å². The number of fused-ring (bicyclic) bond motifs is 1. The van der Waals surface area contributed by atoms with E-state index in [2.05, 4.69) is 5.32 Å². The van der Waals surface area contributed by atoms with Crippen molar-refractivity contribution in [2.75, 3.05) is 12.4 Å². The summed E-state index contributed by atoms with van der Waals surface area (Å²) in [5.41, 5.74) is 5.67. The van der Waals surface area contributed by atoms with E-state index in [9.17, 15) is 27.9 Å². The second-order valence-electron chi connectivity index (χ2n) is 13.5. The first-order chi connectivity index (χ1) is 23.9. The molecule has 0 bridgehead atoms. The van der Waals surface area contributed by atoms with Gasteiger partial charge in [0.05, 0.1) is 30.0 Å². The number of amides is 1. The lowest BCUT2D eigenvalue weighted by Gasteiger charge is -2.34. The lowest BCUT2D eigenvalue weighted by molar-refractivity contribution is -0.137. The van der Waals surface area contributed by atoms with E-state index >= 15 is 0 Å². The Labute approximate surface area is 290 Å². The van der Waals surface area contributed by atoms with Crippen molar-refractivity contribution in [2.45, 2.75) is 71.1 Å². The predicted molar refractivity (Wildman–Crippen MR) is 188 cm³/mol. The first-order valence-corrected chi connectivity index (χ1v) is 17.1. The minimum Gasteiger partial charge on any atom is -0.496 e. The number of carbonyl (C=O) groups is 2. The van der Waals surface area contributed by atoms with Gasteiger partial charge in [-0.05, 0) is 122 Å². The van der Waals surface area contributed by atoms with Gasteiger partial charge < -0.3 is 19.7 Å². The summed E-state index contributed by atoms with van der Waals surface area (Å²) in [5.74, 6) is 1.25. The Kier molecular flexibility index (Phi) is 10.0. The number of aliphatic hydroxyl groups excluding tert-OH is 1. The van der Waals surface area contributed by atoms with E-state index in [0.29, 0.717) is 35.2 Å². The van der Waals surface area contributed by atoms with Gasteiger partial charge in [0.25, 0.3) is 5.91 Å². The highest BCUT2D eigenvalue weighted by atomic mass is 19.4. The standard InChI is InChI=1S/C40H42F3N3O4/c1-23-25(11-12-28-21-37(50-4)29(22-47)19-33(28)40(41,42)43)7-5-8-31(23)32-9-6-10-34(24(32)2)45-39(49)38-44-35-20-27(15-18-36(35)46(38)3)26-13-16-30(48)17-14-26/h5-12,19,21-22,26-27,30,48H,13-18,20H2,1-4H3,(H,45,49)/b12-11+. The number of anilines is 1. The van der Waals surface area contributed by atoms with Gasteiger partial charge in [0.2, 0.25) is 0 Å². The molecule has 1 saturated carbocycles. The molecule has 1 atom stereocenters. The van der Waals surface area contributed by atoms with Gasteiger partial charge in [-0.15, -0.1) is 0 Å². The number of rotatable bonds is 8. The first-order valence-electron chi connectivity index (χ1n) is 17.1. The maximum Gasteiger partial charge on any atom is 0.417 e. The van der Waals surface area contributed by atoms with E-state index in [-0.39, 0.29) is 28.9 Å². The van der Waals surface area contributed by atoms with Crippen LogP contribution in [0.1, 0.15) is 92.3 Å². The second-order valence-corrected chi connectivity index (χ2v) is 13.5. The summed E-state index contributed by atoms with van der Waals surface area (Å²) >= 11 is 0. The lowest BCUT2D eigenvalue weighted by Crippen LogP contribution is -2.28. The fourth-order valence-electron chi connectivity index (χ4n) is 7.73. The minimum atomic E-state index is -4.67. The van der Waals surface area contributed by atoms with Crippen molar-refractivity contribution in [1.29, 1.82) is 0 Å². The maximum atomic E-state index is 13.9. The molecule has 50 heavy (non-hydrogen) atoms. The molecule has 1 amide bonds. The number of aldehydes is 1. The summed E-state index contributed by atoms with van der Waals surface area (Å²) in [7, 11) is 3.20. The van der Waals surface area contributed by atoms with Crippen LogP contribution in [-0.2, 0) is 26.1 Å². The number of nitrogens with zero attached hydrogens (tertiary/aromatic N) is 2. The summed E-state index contributed by atoms with van der Waals surface area (Å²) in [4.78, 5) is 29.9. The van der Waals surface area contributed by atoms with Crippen molar-refractivity contribution in [3.8, 4) is 16.9 Å². The third-order valence-electron chi connectivity index (χ3n) is 10.6. The van der Waals surface area contributed by atoms with Gasteiger partial charge in [0.15, 0.2) is 12.1 Å². The molecule has 262 valence electrons. The van der Waals surface area contributed by atoms with Gasteiger partial charge in [-0.3, -0.25) is 9.59 Å². The Balaban J connectivity index is 1.24. The fraction of sp³-hybridized carbons (Fsp3) is 0.375. The van der Waals surface area contributed by atoms with E-state index in [4.69, 9.17) is 9.72 Å². The van der Waals surface area contributed by atoms with Gasteiger partial charge >= 0.3 is 6.18 Å². The molecule has 0 spiro atoms. The van der Waals surface area contributed by atoms with Crippen LogP contribution in [0, 0.1) is 25.7 Å². The van der Waals surface area contributed by atoms with Gasteiger partial charge in [-0.1, -0.05) is 42.5 Å². The molecule has 1 aromatic heterocycles. The highest BCUT2D eigenvalue weighted by molar-refractivity contribution is 6.03. The number of halogens is 3. The van der Waals surface area contributed by atoms with Crippen molar-refractivity contribution in [1.82, 2.24) is 9.55 Å². The monoisotopic (exact) mass is 685 g/mol. The molecule has 2 N–H and O–H groups in total. The molecule has 10 heteroatoms. The fourth-order valence-corrected chi connectivity index (χ4v) is 7.73. The predicted octanol–water partition coefficient (Wildman–Crippen LogP) is 8.62. The largest absolute Gasteiger partial charge is 0.496 e. The number of methoxy groups -OCH3 is 1. The van der Waals surface area contributed by atoms with Gasteiger partial charge in [0.1, 0.15) is 5.75 Å². The molecule has 0 radical (unpaired) electrons. The number of aromatic nitrogens is 2. The normalized spacial score (nSPS) is 19.3. The molecule has 7 nitrogen and oxygen atoms in total. The second kappa shape index (κ2) is 14.3. The van der Waals surface area contributed by atoms with Crippen LogP contribution in [-0.4, -0.2) is 40.1 Å². The Bertz CT molecular complexity index is 1950. The van der Waals surface area contributed by atoms with Crippen molar-refractivity contribution < 1.29 is 32.6 Å². The van der Waals surface area contributed by atoms with E-state index in [1.54, 1.807) is 6.08 Å². The SMILES string of the molecule is COc1cc(/C=C/c2cccc(-c3cccc(NC(=O)c4nc5c(n4C)CCC(C4CCC(O)CC4)C5)c3C)c2C)c(C(F)(F)F)cc1C=O. The molecule has 2 aliphatic rings. The molecular formula is C40H42F3N3O4. The minimum absolute atomic E-state index is 0.0588. The number of aliphatic hydroxyl groups is 1. The van der Waals surface area contributed by atoms with Gasteiger partial charge in [0, 0.05) is 18.4 Å². The highest BCUT2D eigenvalue weighted by Crippen LogP contribution is 2.39. The smallest absolute Gasteiger partial charge is 0.417 e. The van der Waals surface area contributed by atoms with E-state index < -0.39 is 11.7 Å². The van der Waals surface area contributed by atoms with Crippen molar-refractivity contribution >= 4 is 30.0 Å². The zero-order chi connectivity index (χ0) is 35.7. The number of hydrogen-bond donors (Lipinski definition) is 2. The summed E-state index contributed by atoms with van der Waals surface area (Å²) in [6.45, 7) is 3.83. The summed E-state index contributed by atoms with van der Waals surface area (Å²) in [6, 6.07) is 13.3. The van der Waals surface area contributed by atoms with Crippen LogP contribution in [0.2, 0.25) is 0 Å². The zero-order valence-corrected chi connectivity index (χ0v) is 28.7. The first kappa shape index (κ1) is 35.1. The molecule has 0 saturated heterocycles. The van der Waals surface area contributed by atoms with Crippen LogP contribution in [0.25, 0.3) is 23.3 Å². The zero-order valence-electron chi connectivity index (χ0n) is 28.7. The Hall–Kier alpha value is -4.70. The average Bonchev–Trinajstić information content (AvgIpc) is 3.43. The molecular weight excluding hydrogens is 643 g/mol. The molecule has 1 fully saturated rings. The topological polar surface area (TPSA) is 93.4 Å². The number of benzene rings is 3. The Morgan fingerprint density at radius 2 is 1.62 bits per heavy atom.